The molecule has 0 radical (unpaired) electrons. The normalized spacial score (nSPS) is 11.1. The summed E-state index contributed by atoms with van der Waals surface area (Å²) in [7, 11) is 0. The zero-order chi connectivity index (χ0) is 13.4. The van der Waals surface area contributed by atoms with Gasteiger partial charge in [-0.2, -0.15) is 0 Å². The Labute approximate surface area is 121 Å². The van der Waals surface area contributed by atoms with Crippen LogP contribution in [0.25, 0.3) is 10.9 Å². The molecule has 0 spiro atoms. The molecule has 19 heavy (non-hydrogen) atoms. The van der Waals surface area contributed by atoms with Crippen LogP contribution < -0.4 is 5.73 Å². The van der Waals surface area contributed by atoms with Gasteiger partial charge in [0.25, 0.3) is 0 Å². The maximum Gasteiger partial charge on any atom is 0.0483 e. The molecule has 0 bridgehead atoms. The largest absolute Gasteiger partial charge is 0.398 e. The molecule has 0 saturated carbocycles. The Morgan fingerprint density at radius 1 is 1.11 bits per heavy atom. The van der Waals surface area contributed by atoms with Crippen LogP contribution in [-0.2, 0) is 6.54 Å². The van der Waals surface area contributed by atoms with Gasteiger partial charge in [0, 0.05) is 28.4 Å². The van der Waals surface area contributed by atoms with E-state index < -0.39 is 0 Å². The van der Waals surface area contributed by atoms with Crippen LogP contribution in [0, 0.1) is 6.92 Å². The molecule has 3 heteroatoms. The number of nitrogen functional groups attached to an aromatic ring is 1. The Morgan fingerprint density at radius 2 is 1.95 bits per heavy atom. The number of halogens is 1. The lowest BCUT2D eigenvalue weighted by molar-refractivity contribution is 0.837. The maximum absolute atomic E-state index is 5.93. The fourth-order valence-corrected chi connectivity index (χ4v) is 2.59. The summed E-state index contributed by atoms with van der Waals surface area (Å²) in [6, 6.07) is 14.8. The average molecular weight is 315 g/mol. The van der Waals surface area contributed by atoms with Crippen molar-refractivity contribution in [1.29, 1.82) is 0 Å². The van der Waals surface area contributed by atoms with Crippen LogP contribution in [0.5, 0.6) is 0 Å². The van der Waals surface area contributed by atoms with Crippen LogP contribution in [0.2, 0.25) is 0 Å². The number of hydrogen-bond donors (Lipinski definition) is 1. The zero-order valence-electron chi connectivity index (χ0n) is 10.7. The predicted octanol–water partition coefficient (Wildman–Crippen LogP) is 4.34. The van der Waals surface area contributed by atoms with Crippen LogP contribution in [-0.4, -0.2) is 4.57 Å². The summed E-state index contributed by atoms with van der Waals surface area (Å²) in [6.07, 6.45) is 2.13. The molecule has 2 N–H and O–H groups in total. The minimum Gasteiger partial charge on any atom is -0.398 e. The summed E-state index contributed by atoms with van der Waals surface area (Å²) < 4.78 is 3.20. The zero-order valence-corrected chi connectivity index (χ0v) is 12.3. The Kier molecular flexibility index (Phi) is 3.07. The van der Waals surface area contributed by atoms with Crippen molar-refractivity contribution in [2.75, 3.05) is 5.73 Å². The van der Waals surface area contributed by atoms with Gasteiger partial charge < -0.3 is 10.3 Å². The van der Waals surface area contributed by atoms with Crippen molar-refractivity contribution in [2.24, 2.45) is 0 Å². The number of benzene rings is 2. The first-order valence-corrected chi connectivity index (χ1v) is 7.02. The number of fused-ring (bicyclic) bond motifs is 1. The number of aryl methyl sites for hydroxylation is 1. The highest BCUT2D eigenvalue weighted by molar-refractivity contribution is 9.10. The van der Waals surface area contributed by atoms with E-state index >= 15 is 0 Å². The van der Waals surface area contributed by atoms with Crippen LogP contribution in [0.4, 0.5) is 5.69 Å². The van der Waals surface area contributed by atoms with Crippen molar-refractivity contribution >= 4 is 32.5 Å². The van der Waals surface area contributed by atoms with Gasteiger partial charge in [0.2, 0.25) is 0 Å². The van der Waals surface area contributed by atoms with Crippen molar-refractivity contribution in [3.8, 4) is 0 Å². The molecule has 0 amide bonds. The summed E-state index contributed by atoms with van der Waals surface area (Å²) in [6.45, 7) is 2.95. The van der Waals surface area contributed by atoms with E-state index in [1.54, 1.807) is 0 Å². The second kappa shape index (κ2) is 4.74. The van der Waals surface area contributed by atoms with Crippen LogP contribution in [0.3, 0.4) is 0 Å². The van der Waals surface area contributed by atoms with Gasteiger partial charge in [-0.1, -0.05) is 17.7 Å². The molecule has 0 fully saturated rings. The van der Waals surface area contributed by atoms with Gasteiger partial charge >= 0.3 is 0 Å². The molecular formula is C16H15BrN2. The van der Waals surface area contributed by atoms with Gasteiger partial charge in [0.15, 0.2) is 0 Å². The lowest BCUT2D eigenvalue weighted by Gasteiger charge is -2.08. The third-order valence-corrected chi connectivity index (χ3v) is 4.06. The monoisotopic (exact) mass is 314 g/mol. The molecule has 0 unspecified atom stereocenters. The minimum absolute atomic E-state index is 0.782. The third kappa shape index (κ3) is 2.38. The first-order chi connectivity index (χ1) is 9.13. The van der Waals surface area contributed by atoms with Crippen LogP contribution in [0.15, 0.2) is 53.1 Å². The third-order valence-electron chi connectivity index (χ3n) is 3.34. The van der Waals surface area contributed by atoms with Crippen molar-refractivity contribution in [2.45, 2.75) is 13.5 Å². The molecule has 0 atom stereocenters. The molecule has 0 aliphatic carbocycles. The quantitative estimate of drug-likeness (QED) is 0.701. The molecule has 2 nitrogen and oxygen atoms in total. The topological polar surface area (TPSA) is 30.9 Å². The van der Waals surface area contributed by atoms with E-state index in [1.807, 2.05) is 12.1 Å². The molecule has 1 aromatic heterocycles. The minimum atomic E-state index is 0.782. The van der Waals surface area contributed by atoms with E-state index in [0.29, 0.717) is 0 Å². The van der Waals surface area contributed by atoms with Gasteiger partial charge in [-0.05, 0) is 64.1 Å². The van der Waals surface area contributed by atoms with E-state index in [4.69, 9.17) is 5.73 Å². The average Bonchev–Trinajstić information content (AvgIpc) is 2.76. The number of aromatic nitrogens is 1. The SMILES string of the molecule is Cc1ccc2c(ccn2Cc2ccc(Br)c(N)c2)c1. The second-order valence-electron chi connectivity index (χ2n) is 4.86. The van der Waals surface area contributed by atoms with E-state index in [1.165, 1.54) is 22.0 Å². The highest BCUT2D eigenvalue weighted by atomic mass is 79.9. The lowest BCUT2D eigenvalue weighted by Crippen LogP contribution is -1.99. The first-order valence-electron chi connectivity index (χ1n) is 6.23. The first kappa shape index (κ1) is 12.3. The fraction of sp³-hybridized carbons (Fsp3) is 0.125. The van der Waals surface area contributed by atoms with Crippen molar-refractivity contribution in [3.63, 3.8) is 0 Å². The Morgan fingerprint density at radius 3 is 2.74 bits per heavy atom. The molecule has 2 aromatic carbocycles. The molecule has 0 aliphatic rings. The van der Waals surface area contributed by atoms with Crippen LogP contribution in [0.1, 0.15) is 11.1 Å². The summed E-state index contributed by atoms with van der Waals surface area (Å²) in [5.74, 6) is 0. The van der Waals surface area contributed by atoms with Crippen molar-refractivity contribution in [1.82, 2.24) is 4.57 Å². The number of hydrogen-bond acceptors (Lipinski definition) is 1. The Bertz CT molecular complexity index is 744. The molecule has 96 valence electrons. The van der Waals surface area contributed by atoms with Gasteiger partial charge in [-0.15, -0.1) is 0 Å². The Hall–Kier alpha value is -1.74. The number of rotatable bonds is 2. The number of anilines is 1. The summed E-state index contributed by atoms with van der Waals surface area (Å²) in [5.41, 5.74) is 10.5. The summed E-state index contributed by atoms with van der Waals surface area (Å²) >= 11 is 3.42. The molecular weight excluding hydrogens is 300 g/mol. The maximum atomic E-state index is 5.93. The number of nitrogens with two attached hydrogens (primary N) is 1. The Balaban J connectivity index is 1.98. The summed E-state index contributed by atoms with van der Waals surface area (Å²) in [4.78, 5) is 0. The van der Waals surface area contributed by atoms with Gasteiger partial charge in [0.1, 0.15) is 0 Å². The van der Waals surface area contributed by atoms with E-state index in [2.05, 4.69) is 63.9 Å². The molecule has 0 saturated heterocycles. The lowest BCUT2D eigenvalue weighted by atomic mass is 10.2. The van der Waals surface area contributed by atoms with Gasteiger partial charge in [-0.25, -0.2) is 0 Å². The van der Waals surface area contributed by atoms with E-state index in [9.17, 15) is 0 Å². The van der Waals surface area contributed by atoms with Crippen molar-refractivity contribution in [3.05, 3.63) is 64.3 Å². The van der Waals surface area contributed by atoms with E-state index in [0.717, 1.165) is 16.7 Å². The van der Waals surface area contributed by atoms with Crippen molar-refractivity contribution < 1.29 is 0 Å². The van der Waals surface area contributed by atoms with Gasteiger partial charge in [0.05, 0.1) is 0 Å². The van der Waals surface area contributed by atoms with Gasteiger partial charge in [-0.3, -0.25) is 0 Å². The van der Waals surface area contributed by atoms with E-state index in [-0.39, 0.29) is 0 Å². The van der Waals surface area contributed by atoms with Crippen LogP contribution >= 0.6 is 15.9 Å². The predicted molar refractivity (Wildman–Crippen MR) is 84.3 cm³/mol. The molecule has 3 rings (SSSR count). The molecule has 1 heterocycles. The highest BCUT2D eigenvalue weighted by Crippen LogP contribution is 2.23. The fourth-order valence-electron chi connectivity index (χ4n) is 2.35. The molecule has 3 aromatic rings. The standard InChI is InChI=1S/C16H15BrN2/c1-11-2-5-16-13(8-11)6-7-19(16)10-12-3-4-14(17)15(18)9-12/h2-9H,10,18H2,1H3. The summed E-state index contributed by atoms with van der Waals surface area (Å²) in [5, 5.41) is 1.28. The highest BCUT2D eigenvalue weighted by Gasteiger charge is 2.03. The molecule has 0 aliphatic heterocycles. The second-order valence-corrected chi connectivity index (χ2v) is 5.72. The number of nitrogens with zero attached hydrogens (tertiary/aromatic N) is 1. The smallest absolute Gasteiger partial charge is 0.0483 e.